The zero-order chi connectivity index (χ0) is 13.8. The molecule has 0 heterocycles. The summed E-state index contributed by atoms with van der Waals surface area (Å²) in [5.74, 6) is -0.301. The quantitative estimate of drug-likeness (QED) is 0.669. The van der Waals surface area contributed by atoms with Crippen molar-refractivity contribution < 1.29 is 14.3 Å². The Balaban J connectivity index is 2.08. The molecule has 6 heteroatoms. The third-order valence-corrected chi connectivity index (χ3v) is 2.66. The van der Waals surface area contributed by atoms with Crippen LogP contribution in [0.3, 0.4) is 0 Å². The standard InChI is InChI=1S/C12H23N3O3/c1-12(2,3)18-11(17)15-9-6-8(7-9)14-5-4-10(13)16/h8-9,14H,4-7H2,1-3H3,(H2,13,16)(H,15,17). The normalized spacial score (nSPS) is 23.1. The summed E-state index contributed by atoms with van der Waals surface area (Å²) in [4.78, 5) is 22.0. The van der Waals surface area contributed by atoms with Crippen molar-refractivity contribution >= 4 is 12.0 Å². The fourth-order valence-electron chi connectivity index (χ4n) is 1.78. The van der Waals surface area contributed by atoms with Gasteiger partial charge in [-0.2, -0.15) is 0 Å². The Morgan fingerprint density at radius 3 is 2.39 bits per heavy atom. The SMILES string of the molecule is CC(C)(C)OC(=O)NC1CC(NCCC(N)=O)C1. The number of amides is 2. The van der Waals surface area contributed by atoms with Crippen molar-refractivity contribution in [3.8, 4) is 0 Å². The van der Waals surface area contributed by atoms with Crippen molar-refractivity contribution in [3.05, 3.63) is 0 Å². The molecule has 0 saturated heterocycles. The highest BCUT2D eigenvalue weighted by atomic mass is 16.6. The predicted octanol–water partition coefficient (Wildman–Crippen LogP) is 0.507. The summed E-state index contributed by atoms with van der Waals surface area (Å²) in [5.41, 5.74) is 4.57. The van der Waals surface area contributed by atoms with E-state index in [0.717, 1.165) is 12.8 Å². The van der Waals surface area contributed by atoms with Crippen LogP contribution in [-0.2, 0) is 9.53 Å². The smallest absolute Gasteiger partial charge is 0.407 e. The molecule has 1 fully saturated rings. The van der Waals surface area contributed by atoms with Gasteiger partial charge in [0.25, 0.3) is 0 Å². The Morgan fingerprint density at radius 1 is 1.28 bits per heavy atom. The van der Waals surface area contributed by atoms with Crippen molar-refractivity contribution in [1.29, 1.82) is 0 Å². The number of nitrogens with two attached hydrogens (primary N) is 1. The lowest BCUT2D eigenvalue weighted by atomic mass is 9.87. The highest BCUT2D eigenvalue weighted by molar-refractivity contribution is 5.73. The number of rotatable bonds is 5. The molecular weight excluding hydrogens is 234 g/mol. The minimum atomic E-state index is -0.465. The van der Waals surface area contributed by atoms with Gasteiger partial charge in [0.15, 0.2) is 0 Å². The predicted molar refractivity (Wildman–Crippen MR) is 68.0 cm³/mol. The molecule has 0 atom stereocenters. The first-order valence-electron chi connectivity index (χ1n) is 6.27. The molecule has 0 aromatic carbocycles. The molecule has 0 unspecified atom stereocenters. The number of carbonyl (C=O) groups is 2. The van der Waals surface area contributed by atoms with Gasteiger partial charge in [0, 0.05) is 25.0 Å². The second-order valence-corrected chi connectivity index (χ2v) is 5.68. The molecule has 2 amide bonds. The van der Waals surface area contributed by atoms with E-state index in [4.69, 9.17) is 10.5 Å². The van der Waals surface area contributed by atoms with Gasteiger partial charge >= 0.3 is 6.09 Å². The maximum absolute atomic E-state index is 11.5. The van der Waals surface area contributed by atoms with Crippen LogP contribution in [-0.4, -0.2) is 36.2 Å². The summed E-state index contributed by atoms with van der Waals surface area (Å²) in [7, 11) is 0. The van der Waals surface area contributed by atoms with Crippen LogP contribution in [0.15, 0.2) is 0 Å². The molecule has 18 heavy (non-hydrogen) atoms. The van der Waals surface area contributed by atoms with E-state index in [-0.39, 0.29) is 18.0 Å². The Morgan fingerprint density at radius 2 is 1.89 bits per heavy atom. The molecule has 1 saturated carbocycles. The average Bonchev–Trinajstić information content (AvgIpc) is 2.09. The molecule has 1 rings (SSSR count). The van der Waals surface area contributed by atoms with E-state index in [9.17, 15) is 9.59 Å². The largest absolute Gasteiger partial charge is 0.444 e. The van der Waals surface area contributed by atoms with Crippen LogP contribution in [0.25, 0.3) is 0 Å². The summed E-state index contributed by atoms with van der Waals surface area (Å²) < 4.78 is 5.16. The van der Waals surface area contributed by atoms with Crippen molar-refractivity contribution in [1.82, 2.24) is 10.6 Å². The number of primary amides is 1. The number of carbonyl (C=O) groups excluding carboxylic acids is 2. The average molecular weight is 257 g/mol. The molecular formula is C12H23N3O3. The van der Waals surface area contributed by atoms with Crippen molar-refractivity contribution in [2.24, 2.45) is 5.73 Å². The first-order valence-corrected chi connectivity index (χ1v) is 6.27. The van der Waals surface area contributed by atoms with Gasteiger partial charge in [-0.1, -0.05) is 0 Å². The Hall–Kier alpha value is -1.30. The molecule has 0 bridgehead atoms. The number of hydrogen-bond acceptors (Lipinski definition) is 4. The molecule has 6 nitrogen and oxygen atoms in total. The van der Waals surface area contributed by atoms with Gasteiger partial charge < -0.3 is 21.1 Å². The maximum Gasteiger partial charge on any atom is 0.407 e. The summed E-state index contributed by atoms with van der Waals surface area (Å²) in [5, 5.41) is 6.02. The van der Waals surface area contributed by atoms with E-state index in [2.05, 4.69) is 10.6 Å². The van der Waals surface area contributed by atoms with Crippen molar-refractivity contribution in [2.75, 3.05) is 6.54 Å². The summed E-state index contributed by atoms with van der Waals surface area (Å²) in [6.45, 7) is 6.10. The number of nitrogens with one attached hydrogen (secondary N) is 2. The lowest BCUT2D eigenvalue weighted by Gasteiger charge is -2.36. The molecule has 0 spiro atoms. The van der Waals surface area contributed by atoms with Crippen LogP contribution in [0.5, 0.6) is 0 Å². The third kappa shape index (κ3) is 5.86. The highest BCUT2D eigenvalue weighted by Gasteiger charge is 2.31. The van der Waals surface area contributed by atoms with E-state index < -0.39 is 5.60 Å². The van der Waals surface area contributed by atoms with Crippen LogP contribution in [0.2, 0.25) is 0 Å². The van der Waals surface area contributed by atoms with Crippen LogP contribution >= 0.6 is 0 Å². The van der Waals surface area contributed by atoms with Crippen molar-refractivity contribution in [3.63, 3.8) is 0 Å². The fourth-order valence-corrected chi connectivity index (χ4v) is 1.78. The zero-order valence-electron chi connectivity index (χ0n) is 11.3. The molecule has 0 aliphatic heterocycles. The first kappa shape index (κ1) is 14.8. The van der Waals surface area contributed by atoms with Gasteiger partial charge in [-0.25, -0.2) is 4.79 Å². The Labute approximate surface area is 108 Å². The van der Waals surface area contributed by atoms with Gasteiger partial charge in [-0.15, -0.1) is 0 Å². The van der Waals surface area contributed by atoms with Crippen LogP contribution in [0.1, 0.15) is 40.0 Å². The monoisotopic (exact) mass is 257 g/mol. The van der Waals surface area contributed by atoms with E-state index in [1.54, 1.807) is 0 Å². The maximum atomic E-state index is 11.5. The summed E-state index contributed by atoms with van der Waals surface area (Å²) in [6.07, 6.45) is 1.69. The topological polar surface area (TPSA) is 93.4 Å². The number of alkyl carbamates (subject to hydrolysis) is 1. The number of ether oxygens (including phenoxy) is 1. The minimum absolute atomic E-state index is 0.158. The lowest BCUT2D eigenvalue weighted by molar-refractivity contribution is -0.117. The van der Waals surface area contributed by atoms with Gasteiger partial charge in [-0.05, 0) is 33.6 Å². The van der Waals surface area contributed by atoms with E-state index in [1.165, 1.54) is 0 Å². The molecule has 0 aromatic heterocycles. The summed E-state index contributed by atoms with van der Waals surface area (Å²) in [6, 6.07) is 0.509. The van der Waals surface area contributed by atoms with Gasteiger partial charge in [-0.3, -0.25) is 4.79 Å². The molecule has 1 aliphatic rings. The Kier molecular flexibility index (Phi) is 4.95. The highest BCUT2D eigenvalue weighted by Crippen LogP contribution is 2.20. The molecule has 1 aliphatic carbocycles. The van der Waals surface area contributed by atoms with Crippen LogP contribution in [0.4, 0.5) is 4.79 Å². The fraction of sp³-hybridized carbons (Fsp3) is 0.833. The molecule has 4 N–H and O–H groups in total. The van der Waals surface area contributed by atoms with E-state index in [0.29, 0.717) is 19.0 Å². The second kappa shape index (κ2) is 6.04. The minimum Gasteiger partial charge on any atom is -0.444 e. The third-order valence-electron chi connectivity index (χ3n) is 2.66. The van der Waals surface area contributed by atoms with E-state index in [1.807, 2.05) is 20.8 Å². The Bertz CT molecular complexity index is 306. The number of hydrogen-bond donors (Lipinski definition) is 3. The van der Waals surface area contributed by atoms with Crippen LogP contribution < -0.4 is 16.4 Å². The molecule has 0 aromatic rings. The molecule has 104 valence electrons. The van der Waals surface area contributed by atoms with Gasteiger partial charge in [0.05, 0.1) is 0 Å². The summed E-state index contributed by atoms with van der Waals surface area (Å²) >= 11 is 0. The van der Waals surface area contributed by atoms with Gasteiger partial charge in [0.2, 0.25) is 5.91 Å². The van der Waals surface area contributed by atoms with E-state index >= 15 is 0 Å². The molecule has 0 radical (unpaired) electrons. The zero-order valence-corrected chi connectivity index (χ0v) is 11.3. The van der Waals surface area contributed by atoms with Crippen LogP contribution in [0, 0.1) is 0 Å². The second-order valence-electron chi connectivity index (χ2n) is 5.68. The first-order chi connectivity index (χ1) is 8.26. The lowest BCUT2D eigenvalue weighted by Crippen LogP contribution is -2.53. The van der Waals surface area contributed by atoms with Gasteiger partial charge in [0.1, 0.15) is 5.60 Å². The van der Waals surface area contributed by atoms with Crippen molar-refractivity contribution in [2.45, 2.75) is 57.7 Å².